The molecule has 9 heteroatoms. The van der Waals surface area contributed by atoms with Crippen LogP contribution in [0.15, 0.2) is 58.6 Å². The first-order valence-corrected chi connectivity index (χ1v) is 13.2. The number of hydrogen-bond acceptors (Lipinski definition) is 5. The van der Waals surface area contributed by atoms with Crippen LogP contribution in [0.5, 0.6) is 0 Å². The number of hydrogen-bond donors (Lipinski definition) is 1. The van der Waals surface area contributed by atoms with Crippen molar-refractivity contribution in [3.05, 3.63) is 54.1 Å². The third kappa shape index (κ3) is 5.16. The van der Waals surface area contributed by atoms with Crippen molar-refractivity contribution < 1.29 is 13.2 Å². The molecule has 1 atom stereocenters. The number of rotatable bonds is 10. The van der Waals surface area contributed by atoms with Crippen LogP contribution in [0.2, 0.25) is 0 Å². The first-order valence-electron chi connectivity index (χ1n) is 10.8. The summed E-state index contributed by atoms with van der Waals surface area (Å²) in [6.45, 7) is 9.10. The van der Waals surface area contributed by atoms with Crippen LogP contribution < -0.4 is 5.32 Å². The number of thioether (sulfide) groups is 1. The van der Waals surface area contributed by atoms with E-state index in [1.54, 1.807) is 18.2 Å². The third-order valence-corrected chi connectivity index (χ3v) is 8.38. The second-order valence-corrected chi connectivity index (χ2v) is 10.2. The van der Waals surface area contributed by atoms with E-state index in [0.29, 0.717) is 30.3 Å². The van der Waals surface area contributed by atoms with E-state index < -0.39 is 10.0 Å². The fourth-order valence-electron chi connectivity index (χ4n) is 3.61. The van der Waals surface area contributed by atoms with Crippen molar-refractivity contribution >= 4 is 38.7 Å². The SMILES string of the molecule is CCN(CC)S(=O)(=O)c1ccc2c(c1)nc(SCC(=O)NC(C)c1ccccc1)n2CC. The Morgan fingerprint density at radius 1 is 1.12 bits per heavy atom. The molecular weight excluding hydrogens is 444 g/mol. The van der Waals surface area contributed by atoms with Crippen molar-refractivity contribution in [2.75, 3.05) is 18.8 Å². The third-order valence-electron chi connectivity index (χ3n) is 5.35. The molecule has 0 spiro atoms. The highest BCUT2D eigenvalue weighted by molar-refractivity contribution is 7.99. The van der Waals surface area contributed by atoms with Crippen molar-refractivity contribution in [2.24, 2.45) is 0 Å². The Hall–Kier alpha value is -2.36. The fraction of sp³-hybridized carbons (Fsp3) is 0.391. The largest absolute Gasteiger partial charge is 0.349 e. The highest BCUT2D eigenvalue weighted by Crippen LogP contribution is 2.27. The summed E-state index contributed by atoms with van der Waals surface area (Å²) >= 11 is 1.35. The maximum Gasteiger partial charge on any atom is 0.243 e. The molecule has 1 heterocycles. The lowest BCUT2D eigenvalue weighted by molar-refractivity contribution is -0.119. The minimum Gasteiger partial charge on any atom is -0.349 e. The lowest BCUT2D eigenvalue weighted by Gasteiger charge is -2.18. The van der Waals surface area contributed by atoms with Gasteiger partial charge in [-0.2, -0.15) is 4.31 Å². The Morgan fingerprint density at radius 2 is 1.81 bits per heavy atom. The Balaban J connectivity index is 1.77. The van der Waals surface area contributed by atoms with Gasteiger partial charge in [0.25, 0.3) is 0 Å². The molecule has 3 rings (SSSR count). The first kappa shape index (κ1) is 24.3. The Kier molecular flexibility index (Phi) is 7.97. The van der Waals surface area contributed by atoms with E-state index >= 15 is 0 Å². The van der Waals surface area contributed by atoms with Gasteiger partial charge in [0, 0.05) is 19.6 Å². The van der Waals surface area contributed by atoms with E-state index in [2.05, 4.69) is 10.3 Å². The van der Waals surface area contributed by atoms with Gasteiger partial charge in [-0.3, -0.25) is 4.79 Å². The number of amides is 1. The summed E-state index contributed by atoms with van der Waals surface area (Å²) < 4.78 is 29.2. The summed E-state index contributed by atoms with van der Waals surface area (Å²) in [5.74, 6) is 0.149. The maximum atomic E-state index is 12.9. The monoisotopic (exact) mass is 474 g/mol. The van der Waals surface area contributed by atoms with Gasteiger partial charge >= 0.3 is 0 Å². The smallest absolute Gasteiger partial charge is 0.243 e. The van der Waals surface area contributed by atoms with Crippen LogP contribution >= 0.6 is 11.8 Å². The normalized spacial score (nSPS) is 12.9. The molecule has 1 amide bonds. The van der Waals surface area contributed by atoms with Gasteiger partial charge in [0.2, 0.25) is 15.9 Å². The van der Waals surface area contributed by atoms with E-state index in [4.69, 9.17) is 0 Å². The summed E-state index contributed by atoms with van der Waals surface area (Å²) in [6.07, 6.45) is 0. The molecule has 0 saturated heterocycles. The molecule has 0 aliphatic carbocycles. The molecule has 0 bridgehead atoms. The van der Waals surface area contributed by atoms with Crippen LogP contribution in [0.4, 0.5) is 0 Å². The molecule has 0 radical (unpaired) electrons. The molecule has 32 heavy (non-hydrogen) atoms. The zero-order chi connectivity index (χ0) is 23.3. The van der Waals surface area contributed by atoms with Gasteiger partial charge in [0.05, 0.1) is 27.7 Å². The number of sulfonamides is 1. The Labute approximate surface area is 194 Å². The molecule has 1 unspecified atom stereocenters. The van der Waals surface area contributed by atoms with Crippen molar-refractivity contribution in [3.63, 3.8) is 0 Å². The number of carbonyl (C=O) groups excluding carboxylic acids is 1. The molecule has 0 saturated carbocycles. The average molecular weight is 475 g/mol. The molecule has 1 aromatic heterocycles. The number of aryl methyl sites for hydroxylation is 1. The molecule has 2 aromatic carbocycles. The number of aromatic nitrogens is 2. The minimum absolute atomic E-state index is 0.0779. The van der Waals surface area contributed by atoms with Crippen molar-refractivity contribution in [1.29, 1.82) is 0 Å². The van der Waals surface area contributed by atoms with Crippen molar-refractivity contribution in [2.45, 2.75) is 50.3 Å². The summed E-state index contributed by atoms with van der Waals surface area (Å²) in [6, 6.07) is 14.8. The zero-order valence-electron chi connectivity index (χ0n) is 18.9. The van der Waals surface area contributed by atoms with Crippen LogP contribution in [0.3, 0.4) is 0 Å². The minimum atomic E-state index is -3.56. The quantitative estimate of drug-likeness (QED) is 0.448. The van der Waals surface area contributed by atoms with Crippen LogP contribution in [0.25, 0.3) is 11.0 Å². The lowest BCUT2D eigenvalue weighted by atomic mass is 10.1. The predicted molar refractivity (Wildman–Crippen MR) is 129 cm³/mol. The van der Waals surface area contributed by atoms with Gasteiger partial charge in [-0.1, -0.05) is 55.9 Å². The topological polar surface area (TPSA) is 84.3 Å². The molecular formula is C23H30N4O3S2. The molecule has 0 fully saturated rings. The second-order valence-electron chi connectivity index (χ2n) is 7.37. The lowest BCUT2D eigenvalue weighted by Crippen LogP contribution is -2.30. The second kappa shape index (κ2) is 10.5. The maximum absolute atomic E-state index is 12.9. The number of fused-ring (bicyclic) bond motifs is 1. The van der Waals surface area contributed by atoms with E-state index in [0.717, 1.165) is 11.1 Å². The van der Waals surface area contributed by atoms with Crippen LogP contribution in [-0.4, -0.2) is 47.0 Å². The first-order chi connectivity index (χ1) is 15.3. The Morgan fingerprint density at radius 3 is 2.44 bits per heavy atom. The number of carbonyl (C=O) groups is 1. The van der Waals surface area contributed by atoms with Crippen LogP contribution in [0, 0.1) is 0 Å². The van der Waals surface area contributed by atoms with Gasteiger partial charge in [-0.05, 0) is 37.6 Å². The number of imidazole rings is 1. The van der Waals surface area contributed by atoms with Gasteiger partial charge in [0.1, 0.15) is 0 Å². The number of nitrogens with zero attached hydrogens (tertiary/aromatic N) is 3. The highest BCUT2D eigenvalue weighted by atomic mass is 32.2. The molecule has 0 aliphatic rings. The van der Waals surface area contributed by atoms with Crippen molar-refractivity contribution in [1.82, 2.24) is 19.2 Å². The summed E-state index contributed by atoms with van der Waals surface area (Å²) in [5, 5.41) is 3.71. The van der Waals surface area contributed by atoms with E-state index in [9.17, 15) is 13.2 Å². The standard InChI is InChI=1S/C23H30N4O3S2/c1-5-26(6-2)32(29,30)19-13-14-21-20(15-19)25-23(27(21)7-3)31-16-22(28)24-17(4)18-11-9-8-10-12-18/h8-15,17H,5-7,16H2,1-4H3,(H,24,28). The zero-order valence-corrected chi connectivity index (χ0v) is 20.5. The molecule has 7 nitrogen and oxygen atoms in total. The Bertz CT molecular complexity index is 1170. The fourth-order valence-corrected chi connectivity index (χ4v) is 5.98. The molecule has 3 aromatic rings. The van der Waals surface area contributed by atoms with Crippen LogP contribution in [-0.2, 0) is 21.4 Å². The average Bonchev–Trinajstić information content (AvgIpc) is 3.15. The van der Waals surface area contributed by atoms with Crippen LogP contribution in [0.1, 0.15) is 39.3 Å². The number of nitrogens with one attached hydrogen (secondary N) is 1. The highest BCUT2D eigenvalue weighted by Gasteiger charge is 2.23. The predicted octanol–water partition coefficient (Wildman–Crippen LogP) is 4.06. The van der Waals surface area contributed by atoms with E-state index in [1.165, 1.54) is 16.1 Å². The van der Waals surface area contributed by atoms with Gasteiger partial charge in [0.15, 0.2) is 5.16 Å². The molecule has 1 N–H and O–H groups in total. The molecule has 172 valence electrons. The van der Waals surface area contributed by atoms with Gasteiger partial charge in [-0.15, -0.1) is 0 Å². The molecule has 0 aliphatic heterocycles. The summed E-state index contributed by atoms with van der Waals surface area (Å²) in [4.78, 5) is 17.4. The summed E-state index contributed by atoms with van der Waals surface area (Å²) in [7, 11) is -3.56. The van der Waals surface area contributed by atoms with Crippen molar-refractivity contribution in [3.8, 4) is 0 Å². The van der Waals surface area contributed by atoms with Gasteiger partial charge in [-0.25, -0.2) is 13.4 Å². The number of benzene rings is 2. The van der Waals surface area contributed by atoms with E-state index in [1.807, 2.05) is 62.6 Å². The van der Waals surface area contributed by atoms with Gasteiger partial charge < -0.3 is 9.88 Å². The van der Waals surface area contributed by atoms with E-state index in [-0.39, 0.29) is 22.6 Å². The summed E-state index contributed by atoms with van der Waals surface area (Å²) in [5.41, 5.74) is 2.51.